The predicted molar refractivity (Wildman–Crippen MR) is 74.9 cm³/mol. The van der Waals surface area contributed by atoms with Crippen molar-refractivity contribution in [1.82, 2.24) is 4.98 Å². The minimum Gasteiger partial charge on any atom is -0.481 e. The zero-order chi connectivity index (χ0) is 12.8. The fourth-order valence-corrected chi connectivity index (χ4v) is 2.60. The molecule has 0 saturated heterocycles. The molecule has 1 aliphatic rings. The molecule has 0 spiro atoms. The van der Waals surface area contributed by atoms with Crippen molar-refractivity contribution in [3.8, 4) is 5.88 Å². The number of hydrogen-bond acceptors (Lipinski definition) is 4. The number of nitrogens with zero attached hydrogens (tertiary/aromatic N) is 1. The second-order valence-corrected chi connectivity index (χ2v) is 5.01. The number of methoxy groups -OCH3 is 1. The van der Waals surface area contributed by atoms with Crippen molar-refractivity contribution >= 4 is 11.5 Å². The molecule has 3 N–H and O–H groups in total. The highest BCUT2D eigenvalue weighted by Crippen LogP contribution is 2.28. The van der Waals surface area contributed by atoms with E-state index in [2.05, 4.69) is 10.3 Å². The quantitative estimate of drug-likeness (QED) is 0.761. The third kappa shape index (κ3) is 3.52. The Hall–Kier alpha value is -1.45. The zero-order valence-electron chi connectivity index (χ0n) is 11.1. The zero-order valence-corrected chi connectivity index (χ0v) is 11.1. The van der Waals surface area contributed by atoms with Gasteiger partial charge in [-0.1, -0.05) is 25.7 Å². The Labute approximate surface area is 109 Å². The molecule has 1 saturated carbocycles. The summed E-state index contributed by atoms with van der Waals surface area (Å²) in [5.41, 5.74) is 6.55. The Morgan fingerprint density at radius 3 is 2.89 bits per heavy atom. The van der Waals surface area contributed by atoms with Gasteiger partial charge in [-0.05, 0) is 24.8 Å². The topological polar surface area (TPSA) is 60.2 Å². The minimum atomic E-state index is 0.600. The summed E-state index contributed by atoms with van der Waals surface area (Å²) < 4.78 is 5.09. The van der Waals surface area contributed by atoms with Crippen LogP contribution in [0.3, 0.4) is 0 Å². The maximum Gasteiger partial charge on any atom is 0.215 e. The van der Waals surface area contributed by atoms with Gasteiger partial charge in [0, 0.05) is 12.6 Å². The van der Waals surface area contributed by atoms with Gasteiger partial charge in [0.1, 0.15) is 0 Å². The summed E-state index contributed by atoms with van der Waals surface area (Å²) in [6.07, 6.45) is 8.17. The molecule has 0 aliphatic heterocycles. The summed E-state index contributed by atoms with van der Waals surface area (Å²) in [6.45, 7) is 0.931. The van der Waals surface area contributed by atoms with Crippen molar-refractivity contribution in [2.75, 3.05) is 24.7 Å². The summed E-state index contributed by atoms with van der Waals surface area (Å²) in [5.74, 6) is 2.28. The maximum atomic E-state index is 5.87. The number of aromatic nitrogens is 1. The number of rotatable bonds is 6. The maximum absolute atomic E-state index is 5.87. The van der Waals surface area contributed by atoms with Crippen molar-refractivity contribution < 1.29 is 4.74 Å². The van der Waals surface area contributed by atoms with Gasteiger partial charge in [0.15, 0.2) is 5.82 Å². The summed E-state index contributed by atoms with van der Waals surface area (Å²) in [4.78, 5) is 4.30. The molecule has 0 bridgehead atoms. The van der Waals surface area contributed by atoms with Gasteiger partial charge in [0.2, 0.25) is 5.88 Å². The number of ether oxygens (including phenoxy) is 1. The van der Waals surface area contributed by atoms with Gasteiger partial charge >= 0.3 is 0 Å². The largest absolute Gasteiger partial charge is 0.481 e. The standard InChI is InChI=1S/C14H23N3O/c1-18-13-9-8-12(15)14(17-13)16-10-4-7-11-5-2-3-6-11/h8-9,11H,2-7,10,15H2,1H3,(H,16,17). The molecule has 1 heterocycles. The van der Waals surface area contributed by atoms with Crippen LogP contribution < -0.4 is 15.8 Å². The van der Waals surface area contributed by atoms with Gasteiger partial charge in [-0.2, -0.15) is 4.98 Å². The number of nitrogens with two attached hydrogens (primary N) is 1. The molecule has 0 amide bonds. The first kappa shape index (κ1) is 13.0. The summed E-state index contributed by atoms with van der Waals surface area (Å²) in [6, 6.07) is 3.60. The summed E-state index contributed by atoms with van der Waals surface area (Å²) >= 11 is 0. The Balaban J connectivity index is 1.75. The molecule has 0 radical (unpaired) electrons. The van der Waals surface area contributed by atoms with Gasteiger partial charge < -0.3 is 15.8 Å². The molecular weight excluding hydrogens is 226 g/mol. The van der Waals surface area contributed by atoms with Gasteiger partial charge in [-0.25, -0.2) is 0 Å². The lowest BCUT2D eigenvalue weighted by atomic mass is 10.0. The lowest BCUT2D eigenvalue weighted by molar-refractivity contribution is 0.398. The second-order valence-electron chi connectivity index (χ2n) is 5.01. The molecule has 1 aromatic heterocycles. The fraction of sp³-hybridized carbons (Fsp3) is 0.643. The molecule has 4 nitrogen and oxygen atoms in total. The Morgan fingerprint density at radius 1 is 1.39 bits per heavy atom. The van der Waals surface area contributed by atoms with E-state index in [4.69, 9.17) is 10.5 Å². The lowest BCUT2D eigenvalue weighted by Gasteiger charge is -2.11. The van der Waals surface area contributed by atoms with Crippen LogP contribution in [-0.2, 0) is 0 Å². The molecule has 0 unspecified atom stereocenters. The molecule has 0 atom stereocenters. The summed E-state index contributed by atoms with van der Waals surface area (Å²) in [7, 11) is 1.61. The van der Waals surface area contributed by atoms with Gasteiger partial charge in [-0.15, -0.1) is 0 Å². The molecule has 1 fully saturated rings. The molecule has 4 heteroatoms. The van der Waals surface area contributed by atoms with Crippen LogP contribution in [-0.4, -0.2) is 18.6 Å². The van der Waals surface area contributed by atoms with E-state index in [0.29, 0.717) is 11.6 Å². The number of pyridine rings is 1. The van der Waals surface area contributed by atoms with Gasteiger partial charge in [0.25, 0.3) is 0 Å². The van der Waals surface area contributed by atoms with Gasteiger partial charge in [-0.3, -0.25) is 0 Å². The minimum absolute atomic E-state index is 0.600. The Kier molecular flexibility index (Phi) is 4.67. The highest BCUT2D eigenvalue weighted by atomic mass is 16.5. The summed E-state index contributed by atoms with van der Waals surface area (Å²) in [5, 5.41) is 3.30. The normalized spacial score (nSPS) is 15.8. The average molecular weight is 249 g/mol. The highest BCUT2D eigenvalue weighted by molar-refractivity contribution is 5.61. The van der Waals surface area contributed by atoms with Crippen LogP contribution in [0.4, 0.5) is 11.5 Å². The molecule has 0 aromatic carbocycles. The number of hydrogen-bond donors (Lipinski definition) is 2. The molecule has 2 rings (SSSR count). The van der Waals surface area contributed by atoms with E-state index in [1.54, 1.807) is 13.2 Å². The van der Waals surface area contributed by atoms with Crippen LogP contribution in [0.25, 0.3) is 0 Å². The fourth-order valence-electron chi connectivity index (χ4n) is 2.60. The highest BCUT2D eigenvalue weighted by Gasteiger charge is 2.14. The van der Waals surface area contributed by atoms with Crippen molar-refractivity contribution in [1.29, 1.82) is 0 Å². The number of nitrogens with one attached hydrogen (secondary N) is 1. The van der Waals surface area contributed by atoms with E-state index in [-0.39, 0.29) is 0 Å². The molecule has 100 valence electrons. The van der Waals surface area contributed by atoms with E-state index in [9.17, 15) is 0 Å². The predicted octanol–water partition coefficient (Wildman–Crippen LogP) is 3.05. The van der Waals surface area contributed by atoms with Crippen molar-refractivity contribution in [3.05, 3.63) is 12.1 Å². The number of nitrogen functional groups attached to an aromatic ring is 1. The van der Waals surface area contributed by atoms with Crippen LogP contribution in [0.15, 0.2) is 12.1 Å². The van der Waals surface area contributed by atoms with Crippen LogP contribution in [0.1, 0.15) is 38.5 Å². The second kappa shape index (κ2) is 6.47. The number of anilines is 2. The van der Waals surface area contributed by atoms with Crippen molar-refractivity contribution in [3.63, 3.8) is 0 Å². The van der Waals surface area contributed by atoms with E-state index >= 15 is 0 Å². The third-order valence-electron chi connectivity index (χ3n) is 3.67. The Morgan fingerprint density at radius 2 is 2.17 bits per heavy atom. The first-order chi connectivity index (χ1) is 8.79. The van der Waals surface area contributed by atoms with Crippen LogP contribution >= 0.6 is 0 Å². The molecule has 1 aliphatic carbocycles. The van der Waals surface area contributed by atoms with E-state index in [1.165, 1.54) is 38.5 Å². The lowest BCUT2D eigenvalue weighted by Crippen LogP contribution is -2.08. The first-order valence-corrected chi connectivity index (χ1v) is 6.84. The Bertz CT molecular complexity index is 375. The van der Waals surface area contributed by atoms with Gasteiger partial charge in [0.05, 0.1) is 12.8 Å². The molecular formula is C14H23N3O. The smallest absolute Gasteiger partial charge is 0.215 e. The first-order valence-electron chi connectivity index (χ1n) is 6.84. The average Bonchev–Trinajstić information content (AvgIpc) is 2.89. The van der Waals surface area contributed by atoms with Crippen molar-refractivity contribution in [2.45, 2.75) is 38.5 Å². The van der Waals surface area contributed by atoms with Crippen LogP contribution in [0, 0.1) is 5.92 Å². The molecule has 1 aromatic rings. The van der Waals surface area contributed by atoms with E-state index in [0.717, 1.165) is 18.3 Å². The molecule has 18 heavy (non-hydrogen) atoms. The third-order valence-corrected chi connectivity index (χ3v) is 3.67. The van der Waals surface area contributed by atoms with Crippen LogP contribution in [0.2, 0.25) is 0 Å². The van der Waals surface area contributed by atoms with Crippen LogP contribution in [0.5, 0.6) is 5.88 Å². The van der Waals surface area contributed by atoms with E-state index in [1.807, 2.05) is 6.07 Å². The van der Waals surface area contributed by atoms with Crippen molar-refractivity contribution in [2.24, 2.45) is 5.92 Å². The monoisotopic (exact) mass is 249 g/mol. The van der Waals surface area contributed by atoms with E-state index < -0.39 is 0 Å². The SMILES string of the molecule is COc1ccc(N)c(NCCCC2CCCC2)n1.